The highest BCUT2D eigenvalue weighted by atomic mass is 19.4. The summed E-state index contributed by atoms with van der Waals surface area (Å²) < 4.78 is 97.6. The molecule has 2 aromatic carbocycles. The first-order chi connectivity index (χ1) is 21.2. The molecule has 2 aromatic rings. The summed E-state index contributed by atoms with van der Waals surface area (Å²) in [5, 5.41) is 0. The van der Waals surface area contributed by atoms with Gasteiger partial charge in [-0.15, -0.1) is 0 Å². The zero-order chi connectivity index (χ0) is 34.4. The van der Waals surface area contributed by atoms with Crippen LogP contribution in [-0.2, 0) is 39.5 Å². The molecule has 3 amide bonds. The van der Waals surface area contributed by atoms with Crippen molar-refractivity contribution in [3.63, 3.8) is 0 Å². The molecule has 0 N–H and O–H groups in total. The first-order valence-corrected chi connectivity index (χ1v) is 14.5. The second-order valence-corrected chi connectivity index (χ2v) is 12.1. The van der Waals surface area contributed by atoms with Crippen molar-refractivity contribution < 1.29 is 54.9 Å². The Morgan fingerprint density at radius 1 is 0.913 bits per heavy atom. The molecule has 2 aliphatic rings. The quantitative estimate of drug-likeness (QED) is 0.244. The summed E-state index contributed by atoms with van der Waals surface area (Å²) in [6.45, 7) is 8.04. The number of carbonyl (C=O) groups is 3. The lowest BCUT2D eigenvalue weighted by atomic mass is 9.88. The maximum Gasteiger partial charge on any atom is 0.416 e. The van der Waals surface area contributed by atoms with E-state index >= 15 is 0 Å². The smallest absolute Gasteiger partial charge is 0.416 e. The molecule has 9 nitrogen and oxygen atoms in total. The number of benzene rings is 2. The highest BCUT2D eigenvalue weighted by Gasteiger charge is 2.43. The van der Waals surface area contributed by atoms with Gasteiger partial charge in [-0.05, 0) is 94.5 Å². The van der Waals surface area contributed by atoms with Crippen molar-refractivity contribution in [1.29, 1.82) is 0 Å². The Labute approximate surface area is 262 Å². The number of ether oxygens (including phenoxy) is 3. The number of fused-ring (bicyclic) bond motifs is 2. The van der Waals surface area contributed by atoms with E-state index in [9.17, 15) is 40.7 Å². The third kappa shape index (κ3) is 7.28. The second-order valence-electron chi connectivity index (χ2n) is 12.1. The van der Waals surface area contributed by atoms with Gasteiger partial charge in [0.2, 0.25) is 0 Å². The summed E-state index contributed by atoms with van der Waals surface area (Å²) in [5.41, 5.74) is -2.51. The largest absolute Gasteiger partial charge is 0.453 e. The molecular weight excluding hydrogens is 624 g/mol. The van der Waals surface area contributed by atoms with Crippen molar-refractivity contribution in [3.05, 3.63) is 58.1 Å². The van der Waals surface area contributed by atoms with E-state index in [0.29, 0.717) is 35.4 Å². The monoisotopic (exact) mass is 659 g/mol. The van der Waals surface area contributed by atoms with Crippen LogP contribution in [0.4, 0.5) is 52.1 Å². The fourth-order valence-electron chi connectivity index (χ4n) is 5.71. The number of carbonyl (C=O) groups excluding carboxylic acids is 3. The van der Waals surface area contributed by atoms with E-state index in [1.54, 1.807) is 46.8 Å². The lowest BCUT2D eigenvalue weighted by Gasteiger charge is -2.43. The minimum absolute atomic E-state index is 0.0148. The van der Waals surface area contributed by atoms with Gasteiger partial charge in [-0.1, -0.05) is 0 Å². The molecule has 0 aliphatic carbocycles. The first-order valence-electron chi connectivity index (χ1n) is 14.5. The Kier molecular flexibility index (Phi) is 9.47. The molecule has 0 radical (unpaired) electrons. The Morgan fingerprint density at radius 2 is 1.52 bits per heavy atom. The van der Waals surface area contributed by atoms with Gasteiger partial charge in [0.15, 0.2) is 0 Å². The van der Waals surface area contributed by atoms with E-state index < -0.39 is 71.6 Å². The summed E-state index contributed by atoms with van der Waals surface area (Å²) in [7, 11) is 1.04. The van der Waals surface area contributed by atoms with E-state index in [-0.39, 0.29) is 31.3 Å². The zero-order valence-corrected chi connectivity index (χ0v) is 26.1. The molecule has 0 spiro atoms. The van der Waals surface area contributed by atoms with E-state index in [0.717, 1.165) is 12.0 Å². The van der Waals surface area contributed by atoms with Crippen LogP contribution in [-0.4, -0.2) is 55.1 Å². The molecule has 0 bridgehead atoms. The van der Waals surface area contributed by atoms with Crippen LogP contribution >= 0.6 is 0 Å². The molecule has 0 saturated heterocycles. The Balaban J connectivity index is 1.86. The van der Waals surface area contributed by atoms with Crippen LogP contribution in [0.1, 0.15) is 74.9 Å². The molecule has 2 aliphatic heterocycles. The highest BCUT2D eigenvalue weighted by Crippen LogP contribution is 2.46. The lowest BCUT2D eigenvalue weighted by molar-refractivity contribution is -0.143. The number of halogens is 6. The Hall–Kier alpha value is -4.17. The highest BCUT2D eigenvalue weighted by molar-refractivity contribution is 5.96. The second kappa shape index (κ2) is 12.6. The predicted octanol–water partition coefficient (Wildman–Crippen LogP) is 8.09. The molecule has 2 atom stereocenters. The molecule has 2 heterocycles. The third-order valence-corrected chi connectivity index (χ3v) is 7.61. The van der Waals surface area contributed by atoms with Gasteiger partial charge in [0, 0.05) is 19.1 Å². The number of nitrogens with zero attached hydrogens (tertiary/aromatic N) is 3. The number of alkyl halides is 6. The topological polar surface area (TPSA) is 88.6 Å². The number of anilines is 2. The van der Waals surface area contributed by atoms with Gasteiger partial charge in [0.05, 0.1) is 42.3 Å². The number of hydrogen-bond donors (Lipinski definition) is 0. The van der Waals surface area contributed by atoms with Crippen LogP contribution < -0.4 is 9.80 Å². The van der Waals surface area contributed by atoms with Crippen molar-refractivity contribution in [2.75, 3.05) is 30.1 Å². The van der Waals surface area contributed by atoms with Gasteiger partial charge in [-0.25, -0.2) is 14.4 Å². The molecule has 0 aromatic heterocycles. The maximum absolute atomic E-state index is 13.6. The summed E-state index contributed by atoms with van der Waals surface area (Å²) in [6, 6.07) is 2.79. The first kappa shape index (κ1) is 34.7. The summed E-state index contributed by atoms with van der Waals surface area (Å²) in [5.74, 6) is 0. The van der Waals surface area contributed by atoms with Gasteiger partial charge in [0.1, 0.15) is 5.60 Å². The average molecular weight is 660 g/mol. The molecule has 4 rings (SSSR count). The van der Waals surface area contributed by atoms with E-state index in [4.69, 9.17) is 14.2 Å². The molecule has 0 fully saturated rings. The normalized spacial score (nSPS) is 18.1. The third-order valence-electron chi connectivity index (χ3n) is 7.61. The van der Waals surface area contributed by atoms with E-state index in [2.05, 4.69) is 0 Å². The minimum atomic E-state index is -5.08. The fraction of sp³-hybridized carbons (Fsp3) is 0.516. The van der Waals surface area contributed by atoms with Gasteiger partial charge < -0.3 is 14.2 Å². The molecule has 252 valence electrons. The van der Waals surface area contributed by atoms with Crippen molar-refractivity contribution in [2.24, 2.45) is 0 Å². The summed E-state index contributed by atoms with van der Waals surface area (Å²) in [4.78, 5) is 43.2. The number of methoxy groups -OCH3 is 1. The van der Waals surface area contributed by atoms with Crippen LogP contribution in [0, 0.1) is 0 Å². The predicted molar refractivity (Wildman–Crippen MR) is 154 cm³/mol. The van der Waals surface area contributed by atoms with E-state index in [1.165, 1.54) is 9.80 Å². The molecular formula is C31H35F6N3O6. The van der Waals surface area contributed by atoms with Crippen LogP contribution in [0.3, 0.4) is 0 Å². The zero-order valence-electron chi connectivity index (χ0n) is 26.1. The van der Waals surface area contributed by atoms with Crippen LogP contribution in [0.25, 0.3) is 0 Å². The Morgan fingerprint density at radius 3 is 2.04 bits per heavy atom. The maximum atomic E-state index is 13.6. The standard InChI is InChI=1S/C31H35F6N3O6/c1-7-45-28(43)40-17(2)10-24(22-13-19-8-9-38(23(19)15-25(22)40)27(42)46-29(3,4)5)39(26(41)44-6)16-18-11-20(30(32,33)34)14-21(12-18)31(35,36)37/h11-15,17,24H,7-10,16H2,1-6H3/t17-,24+/m0/s1. The molecule has 46 heavy (non-hydrogen) atoms. The Bertz CT molecular complexity index is 1470. The number of amides is 3. The number of rotatable bonds is 4. The van der Waals surface area contributed by atoms with Crippen molar-refractivity contribution >= 4 is 29.7 Å². The number of hydrogen-bond acceptors (Lipinski definition) is 6. The van der Waals surface area contributed by atoms with Gasteiger partial charge in [0.25, 0.3) is 0 Å². The van der Waals surface area contributed by atoms with Crippen LogP contribution in [0.15, 0.2) is 30.3 Å². The molecule has 0 saturated carbocycles. The summed E-state index contributed by atoms with van der Waals surface area (Å²) >= 11 is 0. The van der Waals surface area contributed by atoms with Crippen molar-refractivity contribution in [2.45, 2.75) is 84.0 Å². The molecule has 15 heteroatoms. The minimum Gasteiger partial charge on any atom is -0.453 e. The SMILES string of the molecule is CCOC(=O)N1c2cc3c(cc2[C@H](N(Cc2cc(C(F)(F)F)cc(C(F)(F)F)c2)C(=O)OC)C[C@@H]1C)CCN3C(=O)OC(C)(C)C. The van der Waals surface area contributed by atoms with E-state index in [1.807, 2.05) is 0 Å². The molecule has 0 unspecified atom stereocenters. The lowest BCUT2D eigenvalue weighted by Crippen LogP contribution is -2.47. The van der Waals surface area contributed by atoms with Crippen LogP contribution in [0.2, 0.25) is 0 Å². The van der Waals surface area contributed by atoms with Gasteiger partial charge >= 0.3 is 30.6 Å². The van der Waals surface area contributed by atoms with Crippen LogP contribution in [0.5, 0.6) is 0 Å². The van der Waals surface area contributed by atoms with Gasteiger partial charge in [-0.3, -0.25) is 14.7 Å². The van der Waals surface area contributed by atoms with Gasteiger partial charge in [-0.2, -0.15) is 26.3 Å². The van der Waals surface area contributed by atoms with Crippen molar-refractivity contribution in [1.82, 2.24) is 4.90 Å². The van der Waals surface area contributed by atoms with Crippen molar-refractivity contribution in [3.8, 4) is 0 Å². The fourth-order valence-corrected chi connectivity index (χ4v) is 5.71. The summed E-state index contributed by atoms with van der Waals surface area (Å²) in [6.07, 6.45) is -12.1. The average Bonchev–Trinajstić information content (AvgIpc) is 3.35.